The van der Waals surface area contributed by atoms with Crippen LogP contribution in [0.25, 0.3) is 0 Å². The van der Waals surface area contributed by atoms with Crippen LogP contribution in [0.3, 0.4) is 0 Å². The first-order valence-corrected chi connectivity index (χ1v) is 7.80. The van der Waals surface area contributed by atoms with Crippen LogP contribution < -0.4 is 4.90 Å². The fraction of sp³-hybridized carbons (Fsp3) is 0.588. The molecule has 4 nitrogen and oxygen atoms in total. The first kappa shape index (κ1) is 14.4. The number of benzene rings is 1. The maximum absolute atomic E-state index is 11.2. The SMILES string of the molecule is Cc1ccc(C(CC(=O)O)C2CC2)c(N2CCOCC2)c1. The average molecular weight is 289 g/mol. The highest BCUT2D eigenvalue weighted by Crippen LogP contribution is 2.47. The van der Waals surface area contributed by atoms with Crippen molar-refractivity contribution >= 4 is 11.7 Å². The van der Waals surface area contributed by atoms with E-state index >= 15 is 0 Å². The summed E-state index contributed by atoms with van der Waals surface area (Å²) >= 11 is 0. The summed E-state index contributed by atoms with van der Waals surface area (Å²) in [5.74, 6) is 0.00458. The minimum absolute atomic E-state index is 0.154. The Bertz CT molecular complexity index is 519. The highest BCUT2D eigenvalue weighted by molar-refractivity contribution is 5.69. The average Bonchev–Trinajstić information content (AvgIpc) is 3.30. The summed E-state index contributed by atoms with van der Waals surface area (Å²) in [5, 5.41) is 9.24. The van der Waals surface area contributed by atoms with E-state index in [0.717, 1.165) is 39.1 Å². The lowest BCUT2D eigenvalue weighted by atomic mass is 9.88. The molecular formula is C17H23NO3. The standard InChI is InChI=1S/C17H23NO3/c1-12-2-5-14(15(11-17(19)20)13-3-4-13)16(10-12)18-6-8-21-9-7-18/h2,5,10,13,15H,3-4,6-9,11H2,1H3,(H,19,20). The number of aliphatic carboxylic acids is 1. The summed E-state index contributed by atoms with van der Waals surface area (Å²) in [7, 11) is 0. The van der Waals surface area contributed by atoms with Crippen LogP contribution in [0.15, 0.2) is 18.2 Å². The van der Waals surface area contributed by atoms with E-state index in [1.165, 1.54) is 16.8 Å². The molecule has 0 bridgehead atoms. The van der Waals surface area contributed by atoms with Crippen molar-refractivity contribution in [3.05, 3.63) is 29.3 Å². The van der Waals surface area contributed by atoms with Gasteiger partial charge >= 0.3 is 5.97 Å². The van der Waals surface area contributed by atoms with Crippen molar-refractivity contribution < 1.29 is 14.6 Å². The molecule has 1 aromatic carbocycles. The Labute approximate surface area is 125 Å². The van der Waals surface area contributed by atoms with E-state index in [-0.39, 0.29) is 12.3 Å². The topological polar surface area (TPSA) is 49.8 Å². The Balaban J connectivity index is 1.93. The number of carboxylic acid groups (broad SMARTS) is 1. The normalized spacial score (nSPS) is 20.3. The van der Waals surface area contributed by atoms with Gasteiger partial charge in [-0.1, -0.05) is 12.1 Å². The highest BCUT2D eigenvalue weighted by atomic mass is 16.5. The zero-order chi connectivity index (χ0) is 14.8. The van der Waals surface area contributed by atoms with Crippen LogP contribution >= 0.6 is 0 Å². The number of rotatable bonds is 5. The first-order valence-electron chi connectivity index (χ1n) is 7.80. The van der Waals surface area contributed by atoms with E-state index in [9.17, 15) is 9.90 Å². The molecule has 2 aliphatic rings. The number of hydrogen-bond donors (Lipinski definition) is 1. The lowest BCUT2D eigenvalue weighted by Gasteiger charge is -2.32. The van der Waals surface area contributed by atoms with Crippen LogP contribution in [0.1, 0.15) is 36.3 Å². The van der Waals surface area contributed by atoms with Gasteiger partial charge in [-0.25, -0.2) is 0 Å². The molecule has 1 unspecified atom stereocenters. The Morgan fingerprint density at radius 2 is 2.10 bits per heavy atom. The number of hydrogen-bond acceptors (Lipinski definition) is 3. The molecule has 0 amide bonds. The molecule has 21 heavy (non-hydrogen) atoms. The van der Waals surface area contributed by atoms with Gasteiger partial charge in [-0.3, -0.25) is 4.79 Å². The monoisotopic (exact) mass is 289 g/mol. The van der Waals surface area contributed by atoms with E-state index in [1.807, 2.05) is 0 Å². The Kier molecular flexibility index (Phi) is 4.15. The smallest absolute Gasteiger partial charge is 0.303 e. The van der Waals surface area contributed by atoms with Gasteiger partial charge in [0.25, 0.3) is 0 Å². The molecule has 1 heterocycles. The predicted molar refractivity (Wildman–Crippen MR) is 81.9 cm³/mol. The van der Waals surface area contributed by atoms with Crippen molar-refractivity contribution in [2.75, 3.05) is 31.2 Å². The molecule has 1 atom stereocenters. The second kappa shape index (κ2) is 6.06. The molecule has 2 fully saturated rings. The molecule has 3 rings (SSSR count). The number of carbonyl (C=O) groups is 1. The molecule has 4 heteroatoms. The molecule has 1 N–H and O–H groups in total. The van der Waals surface area contributed by atoms with Gasteiger partial charge in [0, 0.05) is 18.8 Å². The summed E-state index contributed by atoms with van der Waals surface area (Å²) in [6, 6.07) is 6.46. The van der Waals surface area contributed by atoms with Crippen molar-refractivity contribution in [1.82, 2.24) is 0 Å². The molecule has 0 radical (unpaired) electrons. The van der Waals surface area contributed by atoms with Gasteiger partial charge in [-0.05, 0) is 48.8 Å². The number of carboxylic acids is 1. The fourth-order valence-electron chi connectivity index (χ4n) is 3.26. The predicted octanol–water partition coefficient (Wildman–Crippen LogP) is 2.80. The van der Waals surface area contributed by atoms with Gasteiger partial charge in [0.05, 0.1) is 19.6 Å². The molecule has 0 spiro atoms. The zero-order valence-electron chi connectivity index (χ0n) is 12.5. The van der Waals surface area contributed by atoms with E-state index in [1.54, 1.807) is 0 Å². The second-order valence-corrected chi connectivity index (χ2v) is 6.20. The minimum atomic E-state index is -0.694. The summed E-state index contributed by atoms with van der Waals surface area (Å²) in [6.45, 7) is 5.37. The van der Waals surface area contributed by atoms with Crippen LogP contribution in [-0.2, 0) is 9.53 Å². The lowest BCUT2D eigenvalue weighted by molar-refractivity contribution is -0.137. The van der Waals surface area contributed by atoms with Gasteiger partial charge in [0.1, 0.15) is 0 Å². The Morgan fingerprint density at radius 1 is 1.38 bits per heavy atom. The third-order valence-corrected chi connectivity index (χ3v) is 4.52. The zero-order valence-corrected chi connectivity index (χ0v) is 12.5. The number of aryl methyl sites for hydroxylation is 1. The molecule has 1 aromatic rings. The Hall–Kier alpha value is -1.55. The maximum Gasteiger partial charge on any atom is 0.303 e. The van der Waals surface area contributed by atoms with Crippen molar-refractivity contribution in [1.29, 1.82) is 0 Å². The van der Waals surface area contributed by atoms with Gasteiger partial charge in [0.15, 0.2) is 0 Å². The third kappa shape index (κ3) is 3.38. The van der Waals surface area contributed by atoms with Crippen molar-refractivity contribution in [2.24, 2.45) is 5.92 Å². The molecule has 1 saturated heterocycles. The van der Waals surface area contributed by atoms with Gasteiger partial charge in [-0.2, -0.15) is 0 Å². The highest BCUT2D eigenvalue weighted by Gasteiger charge is 2.35. The fourth-order valence-corrected chi connectivity index (χ4v) is 3.26. The maximum atomic E-state index is 11.2. The van der Waals surface area contributed by atoms with Crippen LogP contribution in [-0.4, -0.2) is 37.4 Å². The Morgan fingerprint density at radius 3 is 2.71 bits per heavy atom. The number of ether oxygens (including phenoxy) is 1. The summed E-state index contributed by atoms with van der Waals surface area (Å²) in [5.41, 5.74) is 3.66. The van der Waals surface area contributed by atoms with E-state index in [4.69, 9.17) is 4.74 Å². The van der Waals surface area contributed by atoms with Crippen LogP contribution in [0.4, 0.5) is 5.69 Å². The third-order valence-electron chi connectivity index (χ3n) is 4.52. The molecule has 0 aromatic heterocycles. The summed E-state index contributed by atoms with van der Waals surface area (Å²) in [4.78, 5) is 13.6. The van der Waals surface area contributed by atoms with E-state index in [0.29, 0.717) is 5.92 Å². The molecule has 1 saturated carbocycles. The first-order chi connectivity index (χ1) is 10.1. The summed E-state index contributed by atoms with van der Waals surface area (Å²) in [6.07, 6.45) is 2.56. The van der Waals surface area contributed by atoms with Crippen LogP contribution in [0, 0.1) is 12.8 Å². The molecule has 1 aliphatic heterocycles. The van der Waals surface area contributed by atoms with Crippen molar-refractivity contribution in [2.45, 2.75) is 32.1 Å². The lowest BCUT2D eigenvalue weighted by Crippen LogP contribution is -2.37. The largest absolute Gasteiger partial charge is 0.481 e. The number of anilines is 1. The van der Waals surface area contributed by atoms with E-state index < -0.39 is 5.97 Å². The van der Waals surface area contributed by atoms with Gasteiger partial charge in [0.2, 0.25) is 0 Å². The van der Waals surface area contributed by atoms with Gasteiger partial charge < -0.3 is 14.7 Å². The van der Waals surface area contributed by atoms with Crippen molar-refractivity contribution in [3.8, 4) is 0 Å². The van der Waals surface area contributed by atoms with Crippen molar-refractivity contribution in [3.63, 3.8) is 0 Å². The molecule has 114 valence electrons. The minimum Gasteiger partial charge on any atom is -0.481 e. The molecular weight excluding hydrogens is 266 g/mol. The second-order valence-electron chi connectivity index (χ2n) is 6.20. The quantitative estimate of drug-likeness (QED) is 0.905. The number of morpholine rings is 1. The van der Waals surface area contributed by atoms with Crippen LogP contribution in [0.2, 0.25) is 0 Å². The molecule has 1 aliphatic carbocycles. The summed E-state index contributed by atoms with van der Waals surface area (Å²) < 4.78 is 5.44. The van der Waals surface area contributed by atoms with E-state index in [2.05, 4.69) is 30.0 Å². The van der Waals surface area contributed by atoms with Gasteiger partial charge in [-0.15, -0.1) is 0 Å². The number of nitrogens with zero attached hydrogens (tertiary/aromatic N) is 1. The van der Waals surface area contributed by atoms with Crippen LogP contribution in [0.5, 0.6) is 0 Å².